The average molecular weight is 394 g/mol. The topological polar surface area (TPSA) is 55.1 Å². The molecule has 1 aliphatic rings. The van der Waals surface area contributed by atoms with E-state index in [-0.39, 0.29) is 18.3 Å². The molecule has 1 atom stereocenters. The van der Waals surface area contributed by atoms with Crippen LogP contribution in [0, 0.1) is 0 Å². The molecule has 1 aromatic carbocycles. The SMILES string of the molecule is CC(CNC(=O)C1(N)CCCC1)Sc1ccc(Br)cc1.Cl. The number of hydrogen-bond acceptors (Lipinski definition) is 3. The number of carbonyl (C=O) groups is 1. The number of carbonyl (C=O) groups excluding carboxylic acids is 1. The lowest BCUT2D eigenvalue weighted by Crippen LogP contribution is -2.52. The summed E-state index contributed by atoms with van der Waals surface area (Å²) in [5.41, 5.74) is 5.51. The fourth-order valence-electron chi connectivity index (χ4n) is 2.43. The maximum absolute atomic E-state index is 12.1. The molecule has 1 aliphatic carbocycles. The first-order valence-corrected chi connectivity index (χ1v) is 8.66. The minimum atomic E-state index is -0.623. The summed E-state index contributed by atoms with van der Waals surface area (Å²) in [5.74, 6) is 0.0123. The fourth-order valence-corrected chi connectivity index (χ4v) is 3.62. The summed E-state index contributed by atoms with van der Waals surface area (Å²) in [7, 11) is 0. The fraction of sp³-hybridized carbons (Fsp3) is 0.533. The minimum Gasteiger partial charge on any atom is -0.353 e. The molecule has 0 aromatic heterocycles. The van der Waals surface area contributed by atoms with Gasteiger partial charge in [0.15, 0.2) is 0 Å². The highest BCUT2D eigenvalue weighted by atomic mass is 79.9. The first-order chi connectivity index (χ1) is 9.49. The van der Waals surface area contributed by atoms with E-state index in [1.165, 1.54) is 4.90 Å². The van der Waals surface area contributed by atoms with Gasteiger partial charge in [-0.1, -0.05) is 35.7 Å². The Morgan fingerprint density at radius 2 is 1.95 bits per heavy atom. The highest BCUT2D eigenvalue weighted by Gasteiger charge is 2.36. The van der Waals surface area contributed by atoms with E-state index in [0.717, 1.165) is 30.2 Å². The molecule has 3 nitrogen and oxygen atoms in total. The van der Waals surface area contributed by atoms with Crippen LogP contribution in [0.1, 0.15) is 32.6 Å². The molecule has 0 bridgehead atoms. The van der Waals surface area contributed by atoms with E-state index in [4.69, 9.17) is 5.73 Å². The number of thioether (sulfide) groups is 1. The molecule has 0 spiro atoms. The Morgan fingerprint density at radius 3 is 2.52 bits per heavy atom. The van der Waals surface area contributed by atoms with Gasteiger partial charge in [0.05, 0.1) is 5.54 Å². The Morgan fingerprint density at radius 1 is 1.38 bits per heavy atom. The summed E-state index contributed by atoms with van der Waals surface area (Å²) >= 11 is 5.18. The van der Waals surface area contributed by atoms with Gasteiger partial charge >= 0.3 is 0 Å². The van der Waals surface area contributed by atoms with Gasteiger partial charge < -0.3 is 11.1 Å². The maximum atomic E-state index is 12.1. The van der Waals surface area contributed by atoms with Crippen LogP contribution in [0.15, 0.2) is 33.6 Å². The molecule has 0 heterocycles. The molecular weight excluding hydrogens is 372 g/mol. The van der Waals surface area contributed by atoms with Crippen molar-refractivity contribution < 1.29 is 4.79 Å². The van der Waals surface area contributed by atoms with Gasteiger partial charge in [0, 0.05) is 21.2 Å². The van der Waals surface area contributed by atoms with Gasteiger partial charge in [-0.25, -0.2) is 0 Å². The van der Waals surface area contributed by atoms with Crippen LogP contribution in [0.25, 0.3) is 0 Å². The third-order valence-corrected chi connectivity index (χ3v) is 5.29. The van der Waals surface area contributed by atoms with Crippen LogP contribution in [0.2, 0.25) is 0 Å². The molecular formula is C15H22BrClN2OS. The third kappa shape index (κ3) is 5.47. The van der Waals surface area contributed by atoms with Crippen molar-refractivity contribution in [3.63, 3.8) is 0 Å². The lowest BCUT2D eigenvalue weighted by atomic mass is 9.98. The van der Waals surface area contributed by atoms with E-state index in [1.54, 1.807) is 11.8 Å². The highest BCUT2D eigenvalue weighted by molar-refractivity contribution is 9.10. The van der Waals surface area contributed by atoms with Crippen molar-refractivity contribution in [1.29, 1.82) is 0 Å². The van der Waals surface area contributed by atoms with E-state index in [0.29, 0.717) is 11.8 Å². The van der Waals surface area contributed by atoms with Gasteiger partial charge in [0.1, 0.15) is 0 Å². The van der Waals surface area contributed by atoms with Crippen LogP contribution < -0.4 is 11.1 Å². The predicted molar refractivity (Wildman–Crippen MR) is 95.1 cm³/mol. The number of rotatable bonds is 5. The number of halogens is 2. The molecule has 0 saturated heterocycles. The molecule has 2 rings (SSSR count). The zero-order valence-corrected chi connectivity index (χ0v) is 15.3. The largest absolute Gasteiger partial charge is 0.353 e. The smallest absolute Gasteiger partial charge is 0.240 e. The third-order valence-electron chi connectivity index (χ3n) is 3.65. The normalized spacial score (nSPS) is 17.9. The number of amides is 1. The lowest BCUT2D eigenvalue weighted by molar-refractivity contribution is -0.126. The second kappa shape index (κ2) is 8.42. The number of hydrogen-bond donors (Lipinski definition) is 2. The van der Waals surface area contributed by atoms with E-state index >= 15 is 0 Å². The van der Waals surface area contributed by atoms with Crippen LogP contribution in [0.3, 0.4) is 0 Å². The van der Waals surface area contributed by atoms with Gasteiger partial charge in [-0.3, -0.25) is 4.79 Å². The van der Waals surface area contributed by atoms with Crippen molar-refractivity contribution in [3.8, 4) is 0 Å². The number of nitrogens with two attached hydrogens (primary N) is 1. The van der Waals surface area contributed by atoms with Crippen molar-refractivity contribution >= 4 is 46.0 Å². The highest BCUT2D eigenvalue weighted by Crippen LogP contribution is 2.28. The van der Waals surface area contributed by atoms with Crippen molar-refractivity contribution in [2.45, 2.75) is 48.3 Å². The Hall–Kier alpha value is -0.230. The molecule has 118 valence electrons. The van der Waals surface area contributed by atoms with Crippen molar-refractivity contribution in [2.75, 3.05) is 6.54 Å². The summed E-state index contributed by atoms with van der Waals surface area (Å²) in [6, 6.07) is 8.21. The van der Waals surface area contributed by atoms with Crippen LogP contribution in [0.5, 0.6) is 0 Å². The molecule has 0 radical (unpaired) electrons. The Bertz CT molecular complexity index is 463. The van der Waals surface area contributed by atoms with Gasteiger partial charge in [-0.2, -0.15) is 0 Å². The van der Waals surface area contributed by atoms with Crippen molar-refractivity contribution in [2.24, 2.45) is 5.73 Å². The Kier molecular flexibility index (Phi) is 7.54. The second-order valence-corrected chi connectivity index (χ2v) is 7.88. The monoisotopic (exact) mass is 392 g/mol. The molecule has 1 fully saturated rings. The van der Waals surface area contributed by atoms with Crippen LogP contribution in [0.4, 0.5) is 0 Å². The summed E-state index contributed by atoms with van der Waals surface area (Å²) in [5, 5.41) is 3.33. The quantitative estimate of drug-likeness (QED) is 0.749. The predicted octanol–water partition coefficient (Wildman–Crippen LogP) is 3.74. The summed E-state index contributed by atoms with van der Waals surface area (Å²) in [6.45, 7) is 2.77. The second-order valence-electron chi connectivity index (χ2n) is 5.46. The zero-order valence-electron chi connectivity index (χ0n) is 12.1. The molecule has 1 saturated carbocycles. The van der Waals surface area contributed by atoms with Crippen molar-refractivity contribution in [1.82, 2.24) is 5.32 Å². The van der Waals surface area contributed by atoms with Crippen LogP contribution >= 0.6 is 40.1 Å². The standard InChI is InChI=1S/C15H21BrN2OS.ClH/c1-11(20-13-6-4-12(16)5-7-13)10-18-14(19)15(17)8-2-3-9-15;/h4-7,11H,2-3,8-10,17H2,1H3,(H,18,19);1H. The van der Waals surface area contributed by atoms with E-state index in [9.17, 15) is 4.79 Å². The van der Waals surface area contributed by atoms with Gasteiger partial charge in [-0.15, -0.1) is 24.2 Å². The zero-order chi connectivity index (χ0) is 14.6. The average Bonchev–Trinajstić information content (AvgIpc) is 2.87. The summed E-state index contributed by atoms with van der Waals surface area (Å²) in [4.78, 5) is 13.3. The number of benzene rings is 1. The summed E-state index contributed by atoms with van der Waals surface area (Å²) < 4.78 is 1.08. The Labute approximate surface area is 145 Å². The van der Waals surface area contributed by atoms with E-state index in [2.05, 4.69) is 40.3 Å². The van der Waals surface area contributed by atoms with Gasteiger partial charge in [0.25, 0.3) is 0 Å². The number of nitrogens with one attached hydrogen (secondary N) is 1. The molecule has 21 heavy (non-hydrogen) atoms. The molecule has 1 unspecified atom stereocenters. The maximum Gasteiger partial charge on any atom is 0.240 e. The van der Waals surface area contributed by atoms with Gasteiger partial charge in [0.2, 0.25) is 5.91 Å². The van der Waals surface area contributed by atoms with E-state index in [1.807, 2.05) is 12.1 Å². The molecule has 0 aliphatic heterocycles. The molecule has 1 amide bonds. The minimum absolute atomic E-state index is 0. The molecule has 6 heteroatoms. The first kappa shape index (κ1) is 18.8. The lowest BCUT2D eigenvalue weighted by Gasteiger charge is -2.23. The summed E-state index contributed by atoms with van der Waals surface area (Å²) in [6.07, 6.45) is 3.75. The molecule has 3 N–H and O–H groups in total. The molecule has 1 aromatic rings. The van der Waals surface area contributed by atoms with Crippen LogP contribution in [-0.2, 0) is 4.79 Å². The Balaban J connectivity index is 0.00000220. The first-order valence-electron chi connectivity index (χ1n) is 6.99. The van der Waals surface area contributed by atoms with E-state index < -0.39 is 5.54 Å². The van der Waals surface area contributed by atoms with Crippen molar-refractivity contribution in [3.05, 3.63) is 28.7 Å². The van der Waals surface area contributed by atoms with Crippen LogP contribution in [-0.4, -0.2) is 23.2 Å². The van der Waals surface area contributed by atoms with Gasteiger partial charge in [-0.05, 0) is 37.1 Å².